The van der Waals surface area contributed by atoms with Gasteiger partial charge in [-0.1, -0.05) is 20.3 Å². The molecule has 0 aromatic carbocycles. The van der Waals surface area contributed by atoms with Crippen LogP contribution in [0.2, 0.25) is 0 Å². The Morgan fingerprint density at radius 2 is 1.03 bits per heavy atom. The van der Waals surface area contributed by atoms with Gasteiger partial charge < -0.3 is 66.2 Å². The first kappa shape index (κ1) is 59.1. The van der Waals surface area contributed by atoms with E-state index in [1.807, 2.05) is 0 Å². The molecule has 62 heavy (non-hydrogen) atoms. The lowest BCUT2D eigenvalue weighted by Gasteiger charge is -2.16. The van der Waals surface area contributed by atoms with E-state index < -0.39 is 70.2 Å². The molecule has 0 saturated heterocycles. The van der Waals surface area contributed by atoms with Crippen LogP contribution in [0, 0.1) is 0 Å². The number of carboxylic acids is 3. The zero-order valence-electron chi connectivity index (χ0n) is 35.7. The molecule has 0 bridgehead atoms. The summed E-state index contributed by atoms with van der Waals surface area (Å²) < 4.78 is 42.6. The standard InChI is InChI=1S/C21H37N3O11S.C16H29N3O7/c1-3-5-15(20(28)29)23-18(26)8-7-16(21(30)31)24-19(27)14-35-12-11-34-10-9-22-17(25)6-4-13-36(2,32)33;1-2-14(21)18-6-4-3-5-13(16(23)24)19-15(22)11-26-10-9-25-8-7-17-12-20/h15-16H,3-14H2,1-2H3,(H,22,25)(H,23,26)(H,24,27)(H,28,29)(H,30,31);12-13H,2-11H2,1H3,(H,17,20)(H,18,21)(H,19,22)(H,23,24). The molecule has 3 atom stereocenters. The highest BCUT2D eigenvalue weighted by molar-refractivity contribution is 7.90. The number of carbonyl (C=O) groups is 9. The highest BCUT2D eigenvalue weighted by Crippen LogP contribution is 2.03. The lowest BCUT2D eigenvalue weighted by atomic mass is 10.1. The molecule has 3 unspecified atom stereocenters. The van der Waals surface area contributed by atoms with E-state index in [4.69, 9.17) is 29.2 Å². The third-order valence-corrected chi connectivity index (χ3v) is 8.90. The molecule has 0 aromatic rings. The van der Waals surface area contributed by atoms with E-state index in [2.05, 4.69) is 31.9 Å². The predicted octanol–water partition coefficient (Wildman–Crippen LogP) is -2.29. The lowest BCUT2D eigenvalue weighted by molar-refractivity contribution is -0.144. The van der Waals surface area contributed by atoms with Gasteiger partial charge >= 0.3 is 17.9 Å². The number of nitrogens with one attached hydrogen (secondary N) is 6. The first-order valence-corrected chi connectivity index (χ1v) is 22.2. The maximum atomic E-state index is 11.9. The van der Waals surface area contributed by atoms with E-state index in [-0.39, 0.29) is 102 Å². The van der Waals surface area contributed by atoms with Gasteiger partial charge in [-0.3, -0.25) is 28.8 Å². The maximum absolute atomic E-state index is 11.9. The zero-order chi connectivity index (χ0) is 47.2. The molecule has 0 spiro atoms. The third kappa shape index (κ3) is 38.0. The van der Waals surface area contributed by atoms with Crippen molar-refractivity contribution in [2.24, 2.45) is 0 Å². The van der Waals surface area contributed by atoms with Gasteiger partial charge in [0.2, 0.25) is 35.9 Å². The van der Waals surface area contributed by atoms with Crippen LogP contribution in [0.5, 0.6) is 0 Å². The average molecular weight is 915 g/mol. The van der Waals surface area contributed by atoms with E-state index in [1.165, 1.54) is 0 Å². The van der Waals surface area contributed by atoms with Crippen LogP contribution in [0.25, 0.3) is 0 Å². The Labute approximate surface area is 361 Å². The Morgan fingerprint density at radius 3 is 1.53 bits per heavy atom. The summed E-state index contributed by atoms with van der Waals surface area (Å²) >= 11 is 0. The molecule has 0 rings (SSSR count). The molecule has 24 nitrogen and oxygen atoms in total. The third-order valence-electron chi connectivity index (χ3n) is 7.87. The molecule has 0 saturated carbocycles. The SMILES string of the molecule is CCC(=O)NCCCCC(NC(=O)COCCOCCNC=O)C(=O)O.CCCC(NC(=O)CCC(NC(=O)COCCOCCNC(=O)CCCS(C)(=O)=O)C(=O)O)C(=O)O. The van der Waals surface area contributed by atoms with Gasteiger partial charge in [-0.15, -0.1) is 0 Å². The number of hydrogen-bond acceptors (Lipinski definition) is 15. The van der Waals surface area contributed by atoms with Crippen LogP contribution in [0.15, 0.2) is 0 Å². The Bertz CT molecular complexity index is 1470. The number of amides is 6. The molecular weight excluding hydrogens is 848 g/mol. The van der Waals surface area contributed by atoms with Crippen molar-refractivity contribution in [2.75, 3.05) is 84.5 Å². The highest BCUT2D eigenvalue weighted by Gasteiger charge is 2.24. The van der Waals surface area contributed by atoms with E-state index in [1.54, 1.807) is 13.8 Å². The minimum atomic E-state index is -3.10. The minimum Gasteiger partial charge on any atom is -0.480 e. The van der Waals surface area contributed by atoms with Gasteiger partial charge in [0.15, 0.2) is 0 Å². The number of carbonyl (C=O) groups excluding carboxylic acids is 6. The molecule has 25 heteroatoms. The van der Waals surface area contributed by atoms with Crippen molar-refractivity contribution in [2.45, 2.75) is 96.2 Å². The number of ether oxygens (including phenoxy) is 4. The molecule has 0 aliphatic heterocycles. The van der Waals surface area contributed by atoms with Gasteiger partial charge in [0.1, 0.15) is 41.2 Å². The molecule has 0 aliphatic rings. The Balaban J connectivity index is 0. The van der Waals surface area contributed by atoms with Crippen molar-refractivity contribution in [3.8, 4) is 0 Å². The van der Waals surface area contributed by atoms with Crippen LogP contribution in [-0.2, 0) is 71.9 Å². The summed E-state index contributed by atoms with van der Waals surface area (Å²) in [5.41, 5.74) is 0. The van der Waals surface area contributed by atoms with Crippen LogP contribution in [0.1, 0.15) is 78.1 Å². The topological polar surface area (TPSA) is 358 Å². The summed E-state index contributed by atoms with van der Waals surface area (Å²) in [5.74, 6) is -5.88. The molecule has 0 fully saturated rings. The van der Waals surface area contributed by atoms with Crippen molar-refractivity contribution in [3.63, 3.8) is 0 Å². The molecule has 0 heterocycles. The second-order valence-electron chi connectivity index (χ2n) is 13.4. The van der Waals surface area contributed by atoms with Crippen LogP contribution in [0.4, 0.5) is 0 Å². The summed E-state index contributed by atoms with van der Waals surface area (Å²) in [7, 11) is -3.10. The Kier molecular flexibility index (Phi) is 36.0. The fourth-order valence-electron chi connectivity index (χ4n) is 4.71. The fraction of sp³-hybridized carbons (Fsp3) is 0.757. The quantitative estimate of drug-likeness (QED) is 0.0233. The first-order chi connectivity index (χ1) is 29.4. The largest absolute Gasteiger partial charge is 0.480 e. The minimum absolute atomic E-state index is 0.0316. The van der Waals surface area contributed by atoms with Crippen molar-refractivity contribution in [3.05, 3.63) is 0 Å². The number of aliphatic carboxylic acids is 3. The van der Waals surface area contributed by atoms with Crippen molar-refractivity contribution < 1.29 is 85.8 Å². The lowest BCUT2D eigenvalue weighted by Crippen LogP contribution is -2.44. The predicted molar refractivity (Wildman–Crippen MR) is 219 cm³/mol. The summed E-state index contributed by atoms with van der Waals surface area (Å²) in [5, 5.41) is 42.1. The molecular formula is C37H66N6O18S. The fourth-order valence-corrected chi connectivity index (χ4v) is 5.38. The number of hydrogen-bond donors (Lipinski definition) is 9. The number of rotatable bonds is 38. The van der Waals surface area contributed by atoms with Crippen LogP contribution in [0.3, 0.4) is 0 Å². The van der Waals surface area contributed by atoms with Gasteiger partial charge in [0.25, 0.3) is 0 Å². The molecule has 0 aromatic heterocycles. The Morgan fingerprint density at radius 1 is 0.548 bits per heavy atom. The monoisotopic (exact) mass is 914 g/mol. The summed E-state index contributed by atoms with van der Waals surface area (Å²) in [6, 6.07) is -3.39. The van der Waals surface area contributed by atoms with Gasteiger partial charge in [-0.05, 0) is 38.5 Å². The van der Waals surface area contributed by atoms with Crippen molar-refractivity contribution in [1.82, 2.24) is 31.9 Å². The smallest absolute Gasteiger partial charge is 0.326 e. The molecule has 6 amide bonds. The van der Waals surface area contributed by atoms with Crippen molar-refractivity contribution >= 4 is 63.7 Å². The average Bonchev–Trinajstić information content (AvgIpc) is 3.20. The van der Waals surface area contributed by atoms with Gasteiger partial charge in [0.05, 0.1) is 45.4 Å². The van der Waals surface area contributed by atoms with Gasteiger partial charge in [-0.25, -0.2) is 22.8 Å². The van der Waals surface area contributed by atoms with Gasteiger partial charge in [-0.2, -0.15) is 0 Å². The van der Waals surface area contributed by atoms with E-state index in [0.717, 1.165) is 6.26 Å². The van der Waals surface area contributed by atoms with Crippen molar-refractivity contribution in [1.29, 1.82) is 0 Å². The van der Waals surface area contributed by atoms with E-state index in [0.29, 0.717) is 51.8 Å². The second-order valence-corrected chi connectivity index (χ2v) is 15.6. The van der Waals surface area contributed by atoms with Crippen LogP contribution < -0.4 is 31.9 Å². The highest BCUT2D eigenvalue weighted by atomic mass is 32.2. The summed E-state index contributed by atoms with van der Waals surface area (Å²) in [6.45, 7) is 5.04. The summed E-state index contributed by atoms with van der Waals surface area (Å²) in [4.78, 5) is 102. The normalized spacial score (nSPS) is 12.2. The van der Waals surface area contributed by atoms with E-state index in [9.17, 15) is 56.7 Å². The first-order valence-electron chi connectivity index (χ1n) is 20.1. The molecule has 9 N–H and O–H groups in total. The Hall–Kier alpha value is -4.98. The number of sulfone groups is 1. The number of carboxylic acid groups (broad SMARTS) is 3. The van der Waals surface area contributed by atoms with E-state index >= 15 is 0 Å². The maximum Gasteiger partial charge on any atom is 0.326 e. The van der Waals surface area contributed by atoms with Gasteiger partial charge in [0, 0.05) is 45.2 Å². The second kappa shape index (κ2) is 37.8. The molecule has 0 radical (unpaired) electrons. The zero-order valence-corrected chi connectivity index (χ0v) is 36.6. The molecule has 358 valence electrons. The summed E-state index contributed by atoms with van der Waals surface area (Å²) in [6.07, 6.45) is 4.16. The molecule has 0 aliphatic carbocycles. The van der Waals surface area contributed by atoms with Crippen LogP contribution >= 0.6 is 0 Å². The van der Waals surface area contributed by atoms with Crippen LogP contribution in [-0.4, -0.2) is 180 Å². The number of unbranched alkanes of at least 4 members (excludes halogenated alkanes) is 1.